The fraction of sp³-hybridized carbons (Fsp3) is 0.857. The summed E-state index contributed by atoms with van der Waals surface area (Å²) in [6.45, 7) is 11.7. The molecule has 0 bridgehead atoms. The Morgan fingerprint density at radius 2 is 1.49 bits per heavy atom. The monoisotopic (exact) mass is 605 g/mol. The smallest absolute Gasteiger partial charge is 0.249 e. The van der Waals surface area contributed by atoms with Crippen molar-refractivity contribution in [3.63, 3.8) is 0 Å². The van der Waals surface area contributed by atoms with Crippen LogP contribution in [0, 0.1) is 5.41 Å². The number of unbranched alkanes of at least 4 members (excludes halogenated alkanes) is 11. The van der Waals surface area contributed by atoms with E-state index in [0.29, 0.717) is 26.1 Å². The maximum atomic E-state index is 12.9. The maximum Gasteiger partial charge on any atom is 0.249 e. The van der Waals surface area contributed by atoms with Crippen molar-refractivity contribution in [3.8, 4) is 0 Å². The molecule has 0 spiro atoms. The van der Waals surface area contributed by atoms with Gasteiger partial charge in [0.15, 0.2) is 5.79 Å². The van der Waals surface area contributed by atoms with E-state index in [9.17, 15) is 14.4 Å². The Hall–Kier alpha value is -1.93. The van der Waals surface area contributed by atoms with Gasteiger partial charge in [-0.1, -0.05) is 84.3 Å². The molecule has 2 heterocycles. The number of nitrogens with one attached hydrogen (secondary N) is 2. The van der Waals surface area contributed by atoms with Crippen LogP contribution in [-0.2, 0) is 23.9 Å². The van der Waals surface area contributed by atoms with Crippen LogP contribution in [0.3, 0.4) is 0 Å². The van der Waals surface area contributed by atoms with Crippen molar-refractivity contribution in [2.75, 3.05) is 26.2 Å². The molecule has 248 valence electrons. The van der Waals surface area contributed by atoms with E-state index >= 15 is 0 Å². The molecule has 0 aliphatic carbocycles. The summed E-state index contributed by atoms with van der Waals surface area (Å²) in [4.78, 5) is 40.0. The highest BCUT2D eigenvalue weighted by Gasteiger charge is 2.45. The summed E-state index contributed by atoms with van der Waals surface area (Å²) in [5.74, 6) is -0.936. The van der Waals surface area contributed by atoms with Gasteiger partial charge in [-0.05, 0) is 58.8 Å². The Bertz CT molecular complexity index is 856. The number of allylic oxidation sites excluding steroid dienone is 2. The van der Waals surface area contributed by atoms with Crippen LogP contribution < -0.4 is 10.6 Å². The Kier molecular flexibility index (Phi) is 17.5. The number of ether oxygens (including phenoxy) is 2. The van der Waals surface area contributed by atoms with Crippen molar-refractivity contribution in [2.24, 2.45) is 5.41 Å². The number of piperidine rings is 1. The molecular formula is C35H63N3O5. The standard InChI is InChI=1S/C35H63N3O5/c1-6-7-8-9-10-11-12-13-14-15-16-17-18-19-20-23-30(39)37-29-22-21-26-38(27-29)31(40)24-25-36-33(41)32-34(2,3)28-42-35(4,5)43-32/h13-14,29,32H,6-12,15-28H2,1-5H3,(H,36,41)(H,37,39)/b14-13+. The number of nitrogens with zero attached hydrogens (tertiary/aromatic N) is 1. The summed E-state index contributed by atoms with van der Waals surface area (Å²) in [6, 6.07) is 0.00147. The average molecular weight is 606 g/mol. The molecule has 0 radical (unpaired) electrons. The van der Waals surface area contributed by atoms with Gasteiger partial charge in [0.05, 0.1) is 6.61 Å². The molecule has 2 N–H and O–H groups in total. The van der Waals surface area contributed by atoms with E-state index in [-0.39, 0.29) is 36.7 Å². The second-order valence-corrected chi connectivity index (χ2v) is 13.8. The lowest BCUT2D eigenvalue weighted by Crippen LogP contribution is -2.56. The van der Waals surface area contributed by atoms with Crippen molar-refractivity contribution in [2.45, 2.75) is 162 Å². The first kappa shape index (κ1) is 37.3. The summed E-state index contributed by atoms with van der Waals surface area (Å²) >= 11 is 0. The summed E-state index contributed by atoms with van der Waals surface area (Å²) in [7, 11) is 0. The van der Waals surface area contributed by atoms with E-state index in [1.54, 1.807) is 13.8 Å². The second kappa shape index (κ2) is 20.2. The van der Waals surface area contributed by atoms with Crippen LogP contribution in [-0.4, -0.2) is 66.8 Å². The molecule has 2 aliphatic rings. The molecule has 2 atom stereocenters. The van der Waals surface area contributed by atoms with Gasteiger partial charge in [-0.3, -0.25) is 14.4 Å². The number of hydrogen-bond donors (Lipinski definition) is 2. The maximum absolute atomic E-state index is 12.9. The van der Waals surface area contributed by atoms with Gasteiger partial charge in [0, 0.05) is 43.9 Å². The number of carbonyl (C=O) groups is 3. The molecule has 2 fully saturated rings. The average Bonchev–Trinajstić information content (AvgIpc) is 2.96. The fourth-order valence-electron chi connectivity index (χ4n) is 5.84. The molecule has 0 aromatic heterocycles. The number of rotatable bonds is 20. The molecular weight excluding hydrogens is 542 g/mol. The van der Waals surface area contributed by atoms with Crippen LogP contribution in [0.5, 0.6) is 0 Å². The van der Waals surface area contributed by atoms with Crippen LogP contribution in [0.15, 0.2) is 12.2 Å². The third-order valence-corrected chi connectivity index (χ3v) is 8.58. The number of hydrogen-bond acceptors (Lipinski definition) is 5. The Morgan fingerprint density at radius 1 is 0.860 bits per heavy atom. The Balaban J connectivity index is 1.52. The van der Waals surface area contributed by atoms with Crippen molar-refractivity contribution in [3.05, 3.63) is 12.2 Å². The van der Waals surface area contributed by atoms with Gasteiger partial charge < -0.3 is 25.0 Å². The minimum atomic E-state index is -0.815. The molecule has 43 heavy (non-hydrogen) atoms. The molecule has 3 amide bonds. The molecule has 8 heteroatoms. The second-order valence-electron chi connectivity index (χ2n) is 13.8. The third kappa shape index (κ3) is 15.6. The van der Waals surface area contributed by atoms with Crippen molar-refractivity contribution in [1.82, 2.24) is 15.5 Å². The summed E-state index contributed by atoms with van der Waals surface area (Å²) < 4.78 is 11.6. The third-order valence-electron chi connectivity index (χ3n) is 8.58. The topological polar surface area (TPSA) is 97.0 Å². The SMILES string of the molecule is CCCCCCCC/C=C/CCCCCCCC(=O)NC1CCCN(C(=O)CCNC(=O)C2OC(C)(C)OCC2(C)C)C1. The summed E-state index contributed by atoms with van der Waals surface area (Å²) in [5.41, 5.74) is -0.452. The van der Waals surface area contributed by atoms with Gasteiger partial charge in [-0.15, -0.1) is 0 Å². The molecule has 2 saturated heterocycles. The predicted molar refractivity (Wildman–Crippen MR) is 174 cm³/mol. The fourth-order valence-corrected chi connectivity index (χ4v) is 5.84. The lowest BCUT2D eigenvalue weighted by Gasteiger charge is -2.44. The largest absolute Gasteiger partial charge is 0.353 e. The van der Waals surface area contributed by atoms with E-state index in [0.717, 1.165) is 25.7 Å². The predicted octanol–water partition coefficient (Wildman–Crippen LogP) is 6.82. The normalized spacial score (nSPS) is 21.6. The molecule has 0 aromatic carbocycles. The number of carbonyl (C=O) groups excluding carboxylic acids is 3. The van der Waals surface area contributed by atoms with E-state index in [1.807, 2.05) is 18.7 Å². The molecule has 0 saturated carbocycles. The summed E-state index contributed by atoms with van der Waals surface area (Å²) in [5, 5.41) is 6.03. The number of likely N-dealkylation sites (tertiary alicyclic amines) is 1. The van der Waals surface area contributed by atoms with E-state index in [1.165, 1.54) is 70.6 Å². The first-order chi connectivity index (χ1) is 20.5. The van der Waals surface area contributed by atoms with Gasteiger partial charge in [-0.25, -0.2) is 0 Å². The van der Waals surface area contributed by atoms with Crippen molar-refractivity contribution >= 4 is 17.7 Å². The van der Waals surface area contributed by atoms with Crippen LogP contribution >= 0.6 is 0 Å². The van der Waals surface area contributed by atoms with Crippen LogP contribution in [0.2, 0.25) is 0 Å². The van der Waals surface area contributed by atoms with E-state index < -0.39 is 17.3 Å². The zero-order valence-electron chi connectivity index (χ0n) is 28.1. The van der Waals surface area contributed by atoms with Gasteiger partial charge in [-0.2, -0.15) is 0 Å². The highest BCUT2D eigenvalue weighted by atomic mass is 16.7. The van der Waals surface area contributed by atoms with Crippen LogP contribution in [0.1, 0.15) is 144 Å². The minimum Gasteiger partial charge on any atom is -0.353 e. The van der Waals surface area contributed by atoms with Crippen molar-refractivity contribution in [1.29, 1.82) is 0 Å². The van der Waals surface area contributed by atoms with E-state index in [2.05, 4.69) is 29.7 Å². The van der Waals surface area contributed by atoms with Gasteiger partial charge in [0.25, 0.3) is 0 Å². The lowest BCUT2D eigenvalue weighted by molar-refractivity contribution is -0.304. The van der Waals surface area contributed by atoms with Crippen molar-refractivity contribution < 1.29 is 23.9 Å². The Labute approximate surface area is 262 Å². The lowest BCUT2D eigenvalue weighted by atomic mass is 9.85. The molecule has 8 nitrogen and oxygen atoms in total. The highest BCUT2D eigenvalue weighted by Crippen LogP contribution is 2.34. The molecule has 0 aromatic rings. The first-order valence-corrected chi connectivity index (χ1v) is 17.4. The molecule has 2 rings (SSSR count). The zero-order chi connectivity index (χ0) is 31.6. The quantitative estimate of drug-likeness (QED) is 0.117. The van der Waals surface area contributed by atoms with Gasteiger partial charge >= 0.3 is 0 Å². The van der Waals surface area contributed by atoms with Gasteiger partial charge in [0.1, 0.15) is 6.10 Å². The molecule has 2 aliphatic heterocycles. The van der Waals surface area contributed by atoms with Gasteiger partial charge in [0.2, 0.25) is 17.7 Å². The van der Waals surface area contributed by atoms with Crippen LogP contribution in [0.25, 0.3) is 0 Å². The zero-order valence-corrected chi connectivity index (χ0v) is 28.1. The Morgan fingerprint density at radius 3 is 2.16 bits per heavy atom. The summed E-state index contributed by atoms with van der Waals surface area (Å²) in [6.07, 6.45) is 22.8. The van der Waals surface area contributed by atoms with E-state index in [4.69, 9.17) is 9.47 Å². The highest BCUT2D eigenvalue weighted by molar-refractivity contribution is 5.83. The molecule has 2 unspecified atom stereocenters. The minimum absolute atomic E-state index is 0.00147. The first-order valence-electron chi connectivity index (χ1n) is 17.4. The number of amides is 3. The van der Waals surface area contributed by atoms with Crippen LogP contribution in [0.4, 0.5) is 0 Å².